The Morgan fingerprint density at radius 3 is 2.53 bits per heavy atom. The van der Waals surface area contributed by atoms with E-state index in [1.54, 1.807) is 12.5 Å². The zero-order valence-electron chi connectivity index (χ0n) is 11.9. The van der Waals surface area contributed by atoms with Gasteiger partial charge in [-0.2, -0.15) is 0 Å². The maximum atomic E-state index is 11.2. The molecule has 3 nitrogen and oxygen atoms in total. The van der Waals surface area contributed by atoms with Crippen LogP contribution in [0.15, 0.2) is 43.0 Å². The van der Waals surface area contributed by atoms with Crippen molar-refractivity contribution in [3.05, 3.63) is 54.1 Å². The number of hydrogen-bond acceptors (Lipinski definition) is 2. The summed E-state index contributed by atoms with van der Waals surface area (Å²) in [6.07, 6.45) is 6.31. The van der Waals surface area contributed by atoms with Crippen LogP contribution in [0.5, 0.6) is 0 Å². The number of rotatable bonds is 5. The van der Waals surface area contributed by atoms with Gasteiger partial charge in [-0.25, -0.2) is 4.98 Å². The fraction of sp³-hybridized carbons (Fsp3) is 0.438. The molecule has 19 heavy (non-hydrogen) atoms. The maximum Gasteiger partial charge on any atom is 0.110 e. The van der Waals surface area contributed by atoms with Gasteiger partial charge in [0.2, 0.25) is 0 Å². The molecule has 1 N–H and O–H groups in total. The van der Waals surface area contributed by atoms with Crippen molar-refractivity contribution in [2.45, 2.75) is 39.3 Å². The summed E-state index contributed by atoms with van der Waals surface area (Å²) in [6, 6.07) is 8.16. The van der Waals surface area contributed by atoms with E-state index in [1.807, 2.05) is 22.9 Å². The predicted octanol–water partition coefficient (Wildman–Crippen LogP) is 3.13. The molecule has 1 heterocycles. The fourth-order valence-corrected chi connectivity index (χ4v) is 2.37. The van der Waals surface area contributed by atoms with E-state index in [1.165, 1.54) is 5.56 Å². The van der Waals surface area contributed by atoms with E-state index in [4.69, 9.17) is 0 Å². The van der Waals surface area contributed by atoms with Crippen LogP contribution in [-0.4, -0.2) is 14.7 Å². The molecule has 0 aliphatic carbocycles. The SMILES string of the molecule is CCC(C)C(O)(Cn1ccnc1)c1ccc(C)cc1. The van der Waals surface area contributed by atoms with Crippen LogP contribution in [0.25, 0.3) is 0 Å². The topological polar surface area (TPSA) is 38.0 Å². The average molecular weight is 258 g/mol. The third-order valence-electron chi connectivity index (χ3n) is 3.96. The van der Waals surface area contributed by atoms with E-state index in [2.05, 4.69) is 37.9 Å². The Kier molecular flexibility index (Phi) is 4.05. The standard InChI is InChI=1S/C16H22N2O/c1-4-14(3)16(19,11-18-10-9-17-12-18)15-7-5-13(2)6-8-15/h5-10,12,14,19H,4,11H2,1-3H3. The number of aliphatic hydroxyl groups is 1. The molecule has 2 unspecified atom stereocenters. The molecular weight excluding hydrogens is 236 g/mol. The van der Waals surface area contributed by atoms with Gasteiger partial charge in [-0.1, -0.05) is 50.1 Å². The predicted molar refractivity (Wildman–Crippen MR) is 76.8 cm³/mol. The third-order valence-corrected chi connectivity index (χ3v) is 3.96. The molecule has 2 atom stereocenters. The van der Waals surface area contributed by atoms with Crippen molar-refractivity contribution in [3.63, 3.8) is 0 Å². The summed E-state index contributed by atoms with van der Waals surface area (Å²) in [4.78, 5) is 4.05. The van der Waals surface area contributed by atoms with Crippen LogP contribution in [0.4, 0.5) is 0 Å². The van der Waals surface area contributed by atoms with Crippen LogP contribution in [0.2, 0.25) is 0 Å². The Morgan fingerprint density at radius 1 is 1.32 bits per heavy atom. The van der Waals surface area contributed by atoms with Crippen LogP contribution in [0.1, 0.15) is 31.4 Å². The lowest BCUT2D eigenvalue weighted by molar-refractivity contribution is -0.0346. The molecule has 2 aromatic rings. The smallest absolute Gasteiger partial charge is 0.110 e. The average Bonchev–Trinajstić information content (AvgIpc) is 2.91. The van der Waals surface area contributed by atoms with Crippen LogP contribution >= 0.6 is 0 Å². The molecule has 1 aromatic carbocycles. The highest BCUT2D eigenvalue weighted by Gasteiger charge is 2.35. The summed E-state index contributed by atoms with van der Waals surface area (Å²) in [5.74, 6) is 0.178. The number of hydrogen-bond donors (Lipinski definition) is 1. The molecule has 0 fully saturated rings. The van der Waals surface area contributed by atoms with Crippen molar-refractivity contribution in [1.82, 2.24) is 9.55 Å². The lowest BCUT2D eigenvalue weighted by atomic mass is 9.80. The van der Waals surface area contributed by atoms with E-state index in [0.29, 0.717) is 6.54 Å². The first-order chi connectivity index (χ1) is 9.06. The minimum absolute atomic E-state index is 0.178. The third kappa shape index (κ3) is 2.87. The Morgan fingerprint density at radius 2 is 2.00 bits per heavy atom. The molecule has 102 valence electrons. The van der Waals surface area contributed by atoms with Crippen molar-refractivity contribution >= 4 is 0 Å². The number of imidazole rings is 1. The second kappa shape index (κ2) is 5.57. The van der Waals surface area contributed by atoms with Crippen LogP contribution in [-0.2, 0) is 12.1 Å². The van der Waals surface area contributed by atoms with Crippen LogP contribution < -0.4 is 0 Å². The number of aryl methyl sites for hydroxylation is 1. The molecule has 0 bridgehead atoms. The van der Waals surface area contributed by atoms with Crippen molar-refractivity contribution in [1.29, 1.82) is 0 Å². The lowest BCUT2D eigenvalue weighted by Crippen LogP contribution is -2.37. The summed E-state index contributed by atoms with van der Waals surface area (Å²) in [6.45, 7) is 6.79. The van der Waals surface area contributed by atoms with E-state index in [-0.39, 0.29) is 5.92 Å². The molecule has 0 amide bonds. The van der Waals surface area contributed by atoms with E-state index in [9.17, 15) is 5.11 Å². The largest absolute Gasteiger partial charge is 0.383 e. The summed E-state index contributed by atoms with van der Waals surface area (Å²) in [5, 5.41) is 11.2. The molecular formula is C16H22N2O. The Hall–Kier alpha value is -1.61. The minimum atomic E-state index is -0.858. The van der Waals surface area contributed by atoms with Crippen molar-refractivity contribution < 1.29 is 5.11 Å². The van der Waals surface area contributed by atoms with Gasteiger partial charge in [-0.3, -0.25) is 0 Å². The molecule has 0 saturated carbocycles. The van der Waals surface area contributed by atoms with Crippen molar-refractivity contribution in [3.8, 4) is 0 Å². The zero-order valence-corrected chi connectivity index (χ0v) is 11.9. The molecule has 0 radical (unpaired) electrons. The van der Waals surface area contributed by atoms with Crippen LogP contribution in [0, 0.1) is 12.8 Å². The molecule has 2 rings (SSSR count). The molecule has 1 aromatic heterocycles. The van der Waals surface area contributed by atoms with Gasteiger partial charge in [0.05, 0.1) is 12.9 Å². The second-order valence-corrected chi connectivity index (χ2v) is 5.33. The van der Waals surface area contributed by atoms with Crippen molar-refractivity contribution in [2.75, 3.05) is 0 Å². The zero-order chi connectivity index (χ0) is 13.9. The van der Waals surface area contributed by atoms with E-state index in [0.717, 1.165) is 12.0 Å². The van der Waals surface area contributed by atoms with Gasteiger partial charge in [0.25, 0.3) is 0 Å². The van der Waals surface area contributed by atoms with Gasteiger partial charge in [-0.15, -0.1) is 0 Å². The van der Waals surface area contributed by atoms with Gasteiger partial charge >= 0.3 is 0 Å². The normalized spacial score (nSPS) is 16.0. The molecule has 0 saturated heterocycles. The summed E-state index contributed by atoms with van der Waals surface area (Å²) in [7, 11) is 0. The highest BCUT2D eigenvalue weighted by molar-refractivity contribution is 5.27. The first-order valence-corrected chi connectivity index (χ1v) is 6.81. The first kappa shape index (κ1) is 13.8. The molecule has 3 heteroatoms. The minimum Gasteiger partial charge on any atom is -0.383 e. The Balaban J connectivity index is 2.36. The fourth-order valence-electron chi connectivity index (χ4n) is 2.37. The van der Waals surface area contributed by atoms with Gasteiger partial charge in [0.15, 0.2) is 0 Å². The molecule has 0 aliphatic heterocycles. The van der Waals surface area contributed by atoms with E-state index >= 15 is 0 Å². The first-order valence-electron chi connectivity index (χ1n) is 6.81. The number of nitrogens with zero attached hydrogens (tertiary/aromatic N) is 2. The summed E-state index contributed by atoms with van der Waals surface area (Å²) < 4.78 is 1.94. The van der Waals surface area contributed by atoms with Crippen molar-refractivity contribution in [2.24, 2.45) is 5.92 Å². The van der Waals surface area contributed by atoms with Gasteiger partial charge < -0.3 is 9.67 Å². The monoisotopic (exact) mass is 258 g/mol. The highest BCUT2D eigenvalue weighted by atomic mass is 16.3. The van der Waals surface area contributed by atoms with Gasteiger partial charge in [0, 0.05) is 12.4 Å². The number of aromatic nitrogens is 2. The Labute approximate surface area is 114 Å². The highest BCUT2D eigenvalue weighted by Crippen LogP contribution is 2.33. The second-order valence-electron chi connectivity index (χ2n) is 5.33. The number of benzene rings is 1. The summed E-state index contributed by atoms with van der Waals surface area (Å²) in [5.41, 5.74) is 1.32. The summed E-state index contributed by atoms with van der Waals surface area (Å²) >= 11 is 0. The van der Waals surface area contributed by atoms with E-state index < -0.39 is 5.60 Å². The lowest BCUT2D eigenvalue weighted by Gasteiger charge is -2.34. The molecule has 0 spiro atoms. The Bertz CT molecular complexity index is 504. The van der Waals surface area contributed by atoms with Gasteiger partial charge in [-0.05, 0) is 18.4 Å². The quantitative estimate of drug-likeness (QED) is 0.894. The molecule has 0 aliphatic rings. The maximum absolute atomic E-state index is 11.2. The van der Waals surface area contributed by atoms with Gasteiger partial charge in [0.1, 0.15) is 5.60 Å². The van der Waals surface area contributed by atoms with Crippen LogP contribution in [0.3, 0.4) is 0 Å².